The Morgan fingerprint density at radius 2 is 1.61 bits per heavy atom. The summed E-state index contributed by atoms with van der Waals surface area (Å²) in [7, 11) is 1.92. The maximum atomic E-state index is 12.8. The fourth-order valence-corrected chi connectivity index (χ4v) is 2.59. The van der Waals surface area contributed by atoms with E-state index in [0.29, 0.717) is 12.5 Å². The molecule has 0 aromatic rings. The van der Waals surface area contributed by atoms with Gasteiger partial charge in [0.2, 0.25) is 5.91 Å². The van der Waals surface area contributed by atoms with Crippen LogP contribution in [0.4, 0.5) is 0 Å². The minimum Gasteiger partial charge on any atom is -0.342 e. The molecular weight excluding hydrogens is 224 g/mol. The van der Waals surface area contributed by atoms with E-state index in [1.54, 1.807) is 0 Å². The smallest absolute Gasteiger partial charge is 0.230 e. The lowest BCUT2D eigenvalue weighted by atomic mass is 9.77. The molecule has 0 radical (unpaired) electrons. The fraction of sp³-hybridized carbons (Fsp3) is 0.933. The lowest BCUT2D eigenvalue weighted by Crippen LogP contribution is -2.50. The van der Waals surface area contributed by atoms with Crippen LogP contribution < -0.4 is 5.73 Å². The summed E-state index contributed by atoms with van der Waals surface area (Å²) < 4.78 is 0. The van der Waals surface area contributed by atoms with Crippen molar-refractivity contribution in [1.29, 1.82) is 0 Å². The van der Waals surface area contributed by atoms with Crippen LogP contribution in [-0.2, 0) is 4.79 Å². The van der Waals surface area contributed by atoms with Gasteiger partial charge in [0.15, 0.2) is 0 Å². The van der Waals surface area contributed by atoms with Crippen molar-refractivity contribution in [1.82, 2.24) is 4.90 Å². The van der Waals surface area contributed by atoms with E-state index in [1.807, 2.05) is 11.9 Å². The van der Waals surface area contributed by atoms with Gasteiger partial charge in [-0.25, -0.2) is 0 Å². The van der Waals surface area contributed by atoms with Gasteiger partial charge in [0.25, 0.3) is 0 Å². The Hall–Kier alpha value is -0.570. The second-order valence-electron chi connectivity index (χ2n) is 5.89. The first-order valence-electron chi connectivity index (χ1n) is 7.33. The van der Waals surface area contributed by atoms with E-state index in [4.69, 9.17) is 5.73 Å². The third-order valence-electron chi connectivity index (χ3n) is 4.20. The van der Waals surface area contributed by atoms with Crippen molar-refractivity contribution in [2.45, 2.75) is 66.3 Å². The molecule has 0 saturated carbocycles. The van der Waals surface area contributed by atoms with Crippen LogP contribution in [0.3, 0.4) is 0 Å². The summed E-state index contributed by atoms with van der Waals surface area (Å²) >= 11 is 0. The summed E-state index contributed by atoms with van der Waals surface area (Å²) in [5.41, 5.74) is 5.60. The first-order chi connectivity index (χ1) is 8.36. The van der Waals surface area contributed by atoms with Crippen LogP contribution in [0, 0.1) is 11.3 Å². The lowest BCUT2D eigenvalue weighted by molar-refractivity contribution is -0.144. The monoisotopic (exact) mass is 256 g/mol. The highest BCUT2D eigenvalue weighted by atomic mass is 16.2. The van der Waals surface area contributed by atoms with Gasteiger partial charge in [0.1, 0.15) is 0 Å². The fourth-order valence-electron chi connectivity index (χ4n) is 2.59. The molecule has 0 aliphatic carbocycles. The Kier molecular flexibility index (Phi) is 7.53. The third kappa shape index (κ3) is 3.98. The van der Waals surface area contributed by atoms with Crippen LogP contribution in [0.5, 0.6) is 0 Å². The minimum atomic E-state index is -0.346. The van der Waals surface area contributed by atoms with E-state index in [9.17, 15) is 4.79 Å². The van der Waals surface area contributed by atoms with Crippen molar-refractivity contribution in [3.05, 3.63) is 0 Å². The summed E-state index contributed by atoms with van der Waals surface area (Å²) in [6, 6.07) is 0.261. The average molecular weight is 256 g/mol. The SMILES string of the molecule is CCCC(CN)(CCC)C(=O)N(C)C(C)C(C)C. The Balaban J connectivity index is 5.05. The van der Waals surface area contributed by atoms with Gasteiger partial charge < -0.3 is 10.6 Å². The Labute approximate surface area is 113 Å². The molecule has 3 nitrogen and oxygen atoms in total. The Morgan fingerprint density at radius 3 is 1.89 bits per heavy atom. The molecule has 0 heterocycles. The number of carbonyl (C=O) groups excluding carboxylic acids is 1. The number of hydrogen-bond donors (Lipinski definition) is 1. The first kappa shape index (κ1) is 17.4. The second-order valence-corrected chi connectivity index (χ2v) is 5.89. The molecule has 1 unspecified atom stereocenters. The molecular formula is C15H32N2O. The third-order valence-corrected chi connectivity index (χ3v) is 4.20. The molecule has 108 valence electrons. The van der Waals surface area contributed by atoms with Gasteiger partial charge in [-0.05, 0) is 25.7 Å². The van der Waals surface area contributed by atoms with E-state index in [2.05, 4.69) is 34.6 Å². The molecule has 0 aliphatic rings. The maximum Gasteiger partial charge on any atom is 0.230 e. The molecule has 0 bridgehead atoms. The number of hydrogen-bond acceptors (Lipinski definition) is 2. The van der Waals surface area contributed by atoms with Crippen molar-refractivity contribution in [3.8, 4) is 0 Å². The molecule has 0 rings (SSSR count). The van der Waals surface area contributed by atoms with E-state index < -0.39 is 0 Å². The van der Waals surface area contributed by atoms with E-state index >= 15 is 0 Å². The van der Waals surface area contributed by atoms with Crippen LogP contribution >= 0.6 is 0 Å². The van der Waals surface area contributed by atoms with Crippen molar-refractivity contribution >= 4 is 5.91 Å². The van der Waals surface area contributed by atoms with Crippen LogP contribution in [0.1, 0.15) is 60.3 Å². The van der Waals surface area contributed by atoms with Crippen LogP contribution in [-0.4, -0.2) is 30.4 Å². The lowest BCUT2D eigenvalue weighted by Gasteiger charge is -2.38. The molecule has 0 fully saturated rings. The van der Waals surface area contributed by atoms with Gasteiger partial charge in [-0.1, -0.05) is 40.5 Å². The number of carbonyl (C=O) groups is 1. The van der Waals surface area contributed by atoms with Gasteiger partial charge in [-0.15, -0.1) is 0 Å². The average Bonchev–Trinajstić information content (AvgIpc) is 2.35. The molecule has 1 atom stereocenters. The number of rotatable bonds is 8. The molecule has 18 heavy (non-hydrogen) atoms. The zero-order valence-electron chi connectivity index (χ0n) is 13.1. The molecule has 0 aliphatic heterocycles. The quantitative estimate of drug-likeness (QED) is 0.725. The summed E-state index contributed by atoms with van der Waals surface area (Å²) in [6.07, 6.45) is 3.80. The highest BCUT2D eigenvalue weighted by Gasteiger charge is 2.38. The number of amides is 1. The molecule has 1 amide bonds. The molecule has 2 N–H and O–H groups in total. The molecule has 3 heteroatoms. The summed E-state index contributed by atoms with van der Waals surface area (Å²) in [5, 5.41) is 0. The molecule has 0 saturated heterocycles. The molecule has 0 aromatic heterocycles. The highest BCUT2D eigenvalue weighted by Crippen LogP contribution is 2.32. The predicted molar refractivity (Wildman–Crippen MR) is 78.4 cm³/mol. The van der Waals surface area contributed by atoms with Gasteiger partial charge in [-0.3, -0.25) is 4.79 Å². The van der Waals surface area contributed by atoms with Gasteiger partial charge in [0.05, 0.1) is 5.41 Å². The van der Waals surface area contributed by atoms with Gasteiger partial charge >= 0.3 is 0 Å². The van der Waals surface area contributed by atoms with Crippen LogP contribution in [0.25, 0.3) is 0 Å². The van der Waals surface area contributed by atoms with E-state index in [1.165, 1.54) is 0 Å². The maximum absolute atomic E-state index is 12.8. The topological polar surface area (TPSA) is 46.3 Å². The first-order valence-corrected chi connectivity index (χ1v) is 7.33. The summed E-state index contributed by atoms with van der Waals surface area (Å²) in [4.78, 5) is 14.7. The second kappa shape index (κ2) is 7.78. The Morgan fingerprint density at radius 1 is 1.17 bits per heavy atom. The van der Waals surface area contributed by atoms with E-state index in [-0.39, 0.29) is 17.4 Å². The Bertz CT molecular complexity index is 245. The number of nitrogens with zero attached hydrogens (tertiary/aromatic N) is 1. The molecule has 0 spiro atoms. The van der Waals surface area contributed by atoms with Gasteiger partial charge in [0, 0.05) is 19.6 Å². The zero-order chi connectivity index (χ0) is 14.3. The summed E-state index contributed by atoms with van der Waals surface area (Å²) in [6.45, 7) is 11.1. The van der Waals surface area contributed by atoms with E-state index in [0.717, 1.165) is 25.7 Å². The standard InChI is InChI=1S/C15H32N2O/c1-7-9-15(11-16,10-8-2)14(18)17(6)13(5)12(3)4/h12-13H,7-11,16H2,1-6H3. The zero-order valence-corrected chi connectivity index (χ0v) is 13.1. The normalized spacial score (nSPS) is 13.8. The van der Waals surface area contributed by atoms with Crippen molar-refractivity contribution < 1.29 is 4.79 Å². The van der Waals surface area contributed by atoms with Crippen LogP contribution in [0.15, 0.2) is 0 Å². The number of nitrogens with two attached hydrogens (primary N) is 1. The predicted octanol–water partition coefficient (Wildman–Crippen LogP) is 3.03. The summed E-state index contributed by atoms with van der Waals surface area (Å²) in [5.74, 6) is 0.701. The van der Waals surface area contributed by atoms with Gasteiger partial charge in [-0.2, -0.15) is 0 Å². The largest absolute Gasteiger partial charge is 0.342 e. The van der Waals surface area contributed by atoms with Crippen molar-refractivity contribution in [3.63, 3.8) is 0 Å². The van der Waals surface area contributed by atoms with Crippen molar-refractivity contribution in [2.24, 2.45) is 17.1 Å². The van der Waals surface area contributed by atoms with Crippen LogP contribution in [0.2, 0.25) is 0 Å². The highest BCUT2D eigenvalue weighted by molar-refractivity contribution is 5.83. The molecule has 0 aromatic carbocycles. The minimum absolute atomic E-state index is 0.231. The van der Waals surface area contributed by atoms with Crippen molar-refractivity contribution in [2.75, 3.05) is 13.6 Å².